The minimum atomic E-state index is -0.481. The average molecular weight is 352 g/mol. The van der Waals surface area contributed by atoms with Crippen LogP contribution in [0.4, 0.5) is 0 Å². The van der Waals surface area contributed by atoms with Gasteiger partial charge >= 0.3 is 0 Å². The Balaban J connectivity index is 2.02. The highest BCUT2D eigenvalue weighted by Crippen LogP contribution is 2.32. The highest BCUT2D eigenvalue weighted by molar-refractivity contribution is 5.83. The maximum Gasteiger partial charge on any atom is 0.235 e. The molecule has 3 aromatic rings. The van der Waals surface area contributed by atoms with Crippen molar-refractivity contribution in [1.29, 1.82) is 0 Å². The van der Waals surface area contributed by atoms with Gasteiger partial charge in [-0.25, -0.2) is 0 Å². The lowest BCUT2D eigenvalue weighted by atomic mass is 10.1. The number of fused-ring (bicyclic) bond motifs is 1. The van der Waals surface area contributed by atoms with Gasteiger partial charge in [-0.05, 0) is 43.3 Å². The molecule has 0 saturated carbocycles. The van der Waals surface area contributed by atoms with E-state index in [0.717, 1.165) is 12.0 Å². The molecule has 0 atom stereocenters. The molecule has 0 aliphatic rings. The van der Waals surface area contributed by atoms with Crippen molar-refractivity contribution in [2.24, 2.45) is 0 Å². The number of ether oxygens (including phenoxy) is 2. The zero-order valence-corrected chi connectivity index (χ0v) is 14.7. The Morgan fingerprint density at radius 2 is 1.85 bits per heavy atom. The van der Waals surface area contributed by atoms with Gasteiger partial charge in [0.05, 0.1) is 19.1 Å². The summed E-state index contributed by atoms with van der Waals surface area (Å²) in [4.78, 5) is 12.5. The maximum absolute atomic E-state index is 12.5. The van der Waals surface area contributed by atoms with Crippen molar-refractivity contribution < 1.29 is 19.0 Å². The van der Waals surface area contributed by atoms with Crippen LogP contribution in [-0.4, -0.2) is 18.8 Å². The molecule has 1 heterocycles. The molecule has 0 radical (unpaired) electrons. The third-order valence-corrected chi connectivity index (χ3v) is 3.99. The van der Waals surface area contributed by atoms with E-state index < -0.39 is 11.2 Å². The molecule has 134 valence electrons. The predicted octanol–water partition coefficient (Wildman–Crippen LogP) is 4.52. The first-order valence-electron chi connectivity index (χ1n) is 8.21. The quantitative estimate of drug-likeness (QED) is 0.661. The maximum atomic E-state index is 12.5. The molecular formula is C21H20O5. The third-order valence-electron chi connectivity index (χ3n) is 3.99. The van der Waals surface area contributed by atoms with Gasteiger partial charge in [0.15, 0.2) is 5.76 Å². The zero-order valence-electron chi connectivity index (χ0n) is 14.7. The lowest BCUT2D eigenvalue weighted by molar-refractivity contribution is 0.321. The Morgan fingerprint density at radius 3 is 2.50 bits per heavy atom. The van der Waals surface area contributed by atoms with Crippen molar-refractivity contribution >= 4 is 11.0 Å². The van der Waals surface area contributed by atoms with E-state index in [0.29, 0.717) is 34.6 Å². The zero-order chi connectivity index (χ0) is 18.7. The van der Waals surface area contributed by atoms with Gasteiger partial charge in [0.2, 0.25) is 11.2 Å². The van der Waals surface area contributed by atoms with Crippen LogP contribution < -0.4 is 14.9 Å². The molecule has 1 aromatic heterocycles. The molecule has 5 heteroatoms. The normalized spacial score (nSPS) is 10.7. The van der Waals surface area contributed by atoms with Crippen molar-refractivity contribution in [3.05, 3.63) is 64.8 Å². The lowest BCUT2D eigenvalue weighted by Crippen LogP contribution is -2.03. The topological polar surface area (TPSA) is 68.9 Å². The van der Waals surface area contributed by atoms with Gasteiger partial charge < -0.3 is 19.0 Å². The molecule has 0 fully saturated rings. The fraction of sp³-hybridized carbons (Fsp3) is 0.190. The van der Waals surface area contributed by atoms with Gasteiger partial charge in [0, 0.05) is 18.1 Å². The van der Waals surface area contributed by atoms with Crippen LogP contribution in [0.2, 0.25) is 0 Å². The summed E-state index contributed by atoms with van der Waals surface area (Å²) in [5.74, 6) is 0.959. The monoisotopic (exact) mass is 352 g/mol. The van der Waals surface area contributed by atoms with Crippen LogP contribution in [0.3, 0.4) is 0 Å². The fourth-order valence-corrected chi connectivity index (χ4v) is 2.53. The first kappa shape index (κ1) is 17.6. The Hall–Kier alpha value is -3.21. The van der Waals surface area contributed by atoms with Gasteiger partial charge in [0.1, 0.15) is 17.1 Å². The standard InChI is InChI=1S/C21H20O5/c1-13(2)10-11-25-16-8-9-17-18(12-16)26-21(20(23)19(17)22)14-4-6-15(24-3)7-5-14/h4-9,12,23H,1,10-11H2,2-3H3. The van der Waals surface area contributed by atoms with Gasteiger partial charge in [0.25, 0.3) is 0 Å². The SMILES string of the molecule is C=C(C)CCOc1ccc2c(=O)c(O)c(-c3ccc(OC)cc3)oc2c1. The molecule has 0 amide bonds. The number of hydrogen-bond acceptors (Lipinski definition) is 5. The van der Waals surface area contributed by atoms with Crippen molar-refractivity contribution in [3.8, 4) is 28.6 Å². The molecular weight excluding hydrogens is 332 g/mol. The van der Waals surface area contributed by atoms with Crippen molar-refractivity contribution in [3.63, 3.8) is 0 Å². The van der Waals surface area contributed by atoms with Crippen LogP contribution in [0.1, 0.15) is 13.3 Å². The molecule has 0 aliphatic heterocycles. The van der Waals surface area contributed by atoms with E-state index in [1.165, 1.54) is 0 Å². The van der Waals surface area contributed by atoms with Crippen LogP contribution in [-0.2, 0) is 0 Å². The first-order chi connectivity index (χ1) is 12.5. The second kappa shape index (κ2) is 7.35. The molecule has 0 spiro atoms. The summed E-state index contributed by atoms with van der Waals surface area (Å²) in [6.45, 7) is 6.27. The van der Waals surface area contributed by atoms with E-state index in [1.54, 1.807) is 49.6 Å². The molecule has 5 nitrogen and oxygen atoms in total. The minimum absolute atomic E-state index is 0.115. The van der Waals surface area contributed by atoms with Gasteiger partial charge in [-0.3, -0.25) is 4.79 Å². The van der Waals surface area contributed by atoms with Crippen LogP contribution in [0, 0.1) is 0 Å². The lowest BCUT2D eigenvalue weighted by Gasteiger charge is -2.09. The fourth-order valence-electron chi connectivity index (χ4n) is 2.53. The third kappa shape index (κ3) is 3.57. The van der Waals surface area contributed by atoms with Crippen molar-refractivity contribution in [1.82, 2.24) is 0 Å². The highest BCUT2D eigenvalue weighted by atomic mass is 16.5. The van der Waals surface area contributed by atoms with Crippen molar-refractivity contribution in [2.75, 3.05) is 13.7 Å². The molecule has 1 N–H and O–H groups in total. The Kier molecular flexibility index (Phi) is 4.98. The summed E-state index contributed by atoms with van der Waals surface area (Å²) in [5, 5.41) is 10.6. The molecule has 0 aliphatic carbocycles. The molecule has 0 saturated heterocycles. The minimum Gasteiger partial charge on any atom is -0.502 e. The summed E-state index contributed by atoms with van der Waals surface area (Å²) < 4.78 is 16.6. The number of methoxy groups -OCH3 is 1. The Bertz CT molecular complexity index is 999. The number of benzene rings is 2. The summed E-state index contributed by atoms with van der Waals surface area (Å²) >= 11 is 0. The van der Waals surface area contributed by atoms with Gasteiger partial charge in [-0.2, -0.15) is 0 Å². The van der Waals surface area contributed by atoms with Crippen LogP contribution >= 0.6 is 0 Å². The smallest absolute Gasteiger partial charge is 0.235 e. The van der Waals surface area contributed by atoms with E-state index in [1.807, 2.05) is 6.92 Å². The van der Waals surface area contributed by atoms with Gasteiger partial charge in [-0.1, -0.05) is 5.57 Å². The van der Waals surface area contributed by atoms with E-state index >= 15 is 0 Å². The van der Waals surface area contributed by atoms with Crippen LogP contribution in [0.15, 0.2) is 63.8 Å². The largest absolute Gasteiger partial charge is 0.502 e. The summed E-state index contributed by atoms with van der Waals surface area (Å²) in [5.41, 5.74) is 1.48. The Labute approximate surface area is 151 Å². The first-order valence-corrected chi connectivity index (χ1v) is 8.21. The second-order valence-corrected chi connectivity index (χ2v) is 6.05. The summed E-state index contributed by atoms with van der Waals surface area (Å²) in [7, 11) is 1.57. The van der Waals surface area contributed by atoms with E-state index in [2.05, 4.69) is 6.58 Å². The molecule has 0 unspecified atom stereocenters. The summed E-state index contributed by atoms with van der Waals surface area (Å²) in [6.07, 6.45) is 0.745. The van der Waals surface area contributed by atoms with Crippen LogP contribution in [0.25, 0.3) is 22.3 Å². The number of hydrogen-bond donors (Lipinski definition) is 1. The molecule has 0 bridgehead atoms. The Morgan fingerprint density at radius 1 is 1.15 bits per heavy atom. The van der Waals surface area contributed by atoms with Crippen LogP contribution in [0.5, 0.6) is 17.2 Å². The van der Waals surface area contributed by atoms with E-state index in [-0.39, 0.29) is 5.76 Å². The van der Waals surface area contributed by atoms with Crippen molar-refractivity contribution in [2.45, 2.75) is 13.3 Å². The highest BCUT2D eigenvalue weighted by Gasteiger charge is 2.16. The summed E-state index contributed by atoms with van der Waals surface area (Å²) in [6, 6.07) is 11.8. The number of rotatable bonds is 6. The van der Waals surface area contributed by atoms with Gasteiger partial charge in [-0.15, -0.1) is 6.58 Å². The molecule has 26 heavy (non-hydrogen) atoms. The van der Waals surface area contributed by atoms with E-state index in [4.69, 9.17) is 13.9 Å². The molecule has 2 aromatic carbocycles. The molecule has 3 rings (SSSR count). The van der Waals surface area contributed by atoms with E-state index in [9.17, 15) is 9.90 Å². The number of aromatic hydroxyl groups is 1. The average Bonchev–Trinajstić information content (AvgIpc) is 2.64. The predicted molar refractivity (Wildman–Crippen MR) is 101 cm³/mol. The second-order valence-electron chi connectivity index (χ2n) is 6.05.